The molecule has 0 radical (unpaired) electrons. The molecule has 1 aromatic carbocycles. The molecule has 0 aliphatic heterocycles. The maximum atomic E-state index is 13.4. The molecule has 1 nitrogen and oxygen atoms in total. The largest absolute Gasteiger partial charge is 0.265 e. The van der Waals surface area contributed by atoms with Crippen molar-refractivity contribution in [3.63, 3.8) is 0 Å². The highest BCUT2D eigenvalue weighted by atomic mass is 79.9. The SMILES string of the molecule is Cc1cc(F)cc(C(Br)C(C)c2ccncc2)c1. The van der Waals surface area contributed by atoms with Crippen LogP contribution in [0.15, 0.2) is 42.7 Å². The van der Waals surface area contributed by atoms with Gasteiger partial charge in [0, 0.05) is 17.2 Å². The minimum absolute atomic E-state index is 0.0919. The number of benzene rings is 1. The van der Waals surface area contributed by atoms with E-state index in [2.05, 4.69) is 27.8 Å². The van der Waals surface area contributed by atoms with Crippen LogP contribution in [0, 0.1) is 12.7 Å². The topological polar surface area (TPSA) is 12.9 Å². The van der Waals surface area contributed by atoms with Crippen molar-refractivity contribution in [1.82, 2.24) is 4.98 Å². The maximum Gasteiger partial charge on any atom is 0.123 e. The Bertz CT molecular complexity index is 507. The van der Waals surface area contributed by atoms with Gasteiger partial charge < -0.3 is 0 Å². The van der Waals surface area contributed by atoms with Crippen LogP contribution in [0.5, 0.6) is 0 Å². The molecule has 0 aliphatic carbocycles. The van der Waals surface area contributed by atoms with Gasteiger partial charge in [0.2, 0.25) is 0 Å². The highest BCUT2D eigenvalue weighted by Crippen LogP contribution is 2.37. The fraction of sp³-hybridized carbons (Fsp3) is 0.267. The van der Waals surface area contributed by atoms with E-state index in [0.29, 0.717) is 0 Å². The van der Waals surface area contributed by atoms with Crippen LogP contribution in [-0.4, -0.2) is 4.98 Å². The van der Waals surface area contributed by atoms with Gasteiger partial charge in [-0.2, -0.15) is 0 Å². The number of aromatic nitrogens is 1. The average molecular weight is 308 g/mol. The third-order valence-electron chi connectivity index (χ3n) is 3.05. The molecule has 0 amide bonds. The van der Waals surface area contributed by atoms with Crippen molar-refractivity contribution in [2.24, 2.45) is 0 Å². The maximum absolute atomic E-state index is 13.4. The van der Waals surface area contributed by atoms with Crippen molar-refractivity contribution >= 4 is 15.9 Å². The molecule has 0 N–H and O–H groups in total. The minimum Gasteiger partial charge on any atom is -0.265 e. The van der Waals surface area contributed by atoms with E-state index in [1.54, 1.807) is 24.5 Å². The monoisotopic (exact) mass is 307 g/mol. The summed E-state index contributed by atoms with van der Waals surface area (Å²) in [6.45, 7) is 4.03. The number of nitrogens with zero attached hydrogens (tertiary/aromatic N) is 1. The Morgan fingerprint density at radius 2 is 1.78 bits per heavy atom. The summed E-state index contributed by atoms with van der Waals surface area (Å²) in [7, 11) is 0. The minimum atomic E-state index is -0.184. The quantitative estimate of drug-likeness (QED) is 0.744. The van der Waals surface area contributed by atoms with Crippen molar-refractivity contribution in [3.05, 3.63) is 65.2 Å². The molecular formula is C15H15BrFN. The zero-order valence-corrected chi connectivity index (χ0v) is 12.0. The van der Waals surface area contributed by atoms with Crippen LogP contribution in [-0.2, 0) is 0 Å². The third-order valence-corrected chi connectivity index (χ3v) is 4.38. The van der Waals surface area contributed by atoms with Crippen molar-refractivity contribution in [2.45, 2.75) is 24.6 Å². The van der Waals surface area contributed by atoms with E-state index in [0.717, 1.165) is 11.1 Å². The van der Waals surface area contributed by atoms with Crippen LogP contribution in [0.3, 0.4) is 0 Å². The number of rotatable bonds is 3. The lowest BCUT2D eigenvalue weighted by molar-refractivity contribution is 0.621. The predicted octanol–water partition coefficient (Wildman–Crippen LogP) is 4.77. The molecule has 0 fully saturated rings. The molecule has 0 saturated carbocycles. The number of hydrogen-bond acceptors (Lipinski definition) is 1. The van der Waals surface area contributed by atoms with Crippen molar-refractivity contribution in [3.8, 4) is 0 Å². The van der Waals surface area contributed by atoms with E-state index in [1.807, 2.05) is 25.1 Å². The van der Waals surface area contributed by atoms with Gasteiger partial charge in [0.25, 0.3) is 0 Å². The molecule has 1 aromatic heterocycles. The molecule has 2 unspecified atom stereocenters. The Labute approximate surface area is 115 Å². The van der Waals surface area contributed by atoms with E-state index in [-0.39, 0.29) is 16.6 Å². The molecule has 0 bridgehead atoms. The summed E-state index contributed by atoms with van der Waals surface area (Å²) in [4.78, 5) is 4.10. The van der Waals surface area contributed by atoms with Crippen LogP contribution in [0.1, 0.15) is 34.4 Å². The molecule has 2 aromatic rings. The predicted molar refractivity (Wildman–Crippen MR) is 75.5 cm³/mol. The number of pyridine rings is 1. The van der Waals surface area contributed by atoms with Crippen molar-refractivity contribution in [1.29, 1.82) is 0 Å². The first kappa shape index (κ1) is 13.2. The molecule has 2 atom stereocenters. The van der Waals surface area contributed by atoms with E-state index in [4.69, 9.17) is 0 Å². The normalized spacial score (nSPS) is 14.2. The molecule has 3 heteroatoms. The van der Waals surface area contributed by atoms with Gasteiger partial charge >= 0.3 is 0 Å². The standard InChI is InChI=1S/C15H15BrFN/c1-10-7-13(9-14(17)8-10)15(16)11(2)12-3-5-18-6-4-12/h3-9,11,15H,1-2H3. The summed E-state index contributed by atoms with van der Waals surface area (Å²) < 4.78 is 13.4. The lowest BCUT2D eigenvalue weighted by atomic mass is 9.93. The number of alkyl halides is 1. The smallest absolute Gasteiger partial charge is 0.123 e. The lowest BCUT2D eigenvalue weighted by Crippen LogP contribution is -2.03. The fourth-order valence-electron chi connectivity index (χ4n) is 2.05. The average Bonchev–Trinajstić information content (AvgIpc) is 2.37. The summed E-state index contributed by atoms with van der Waals surface area (Å²) in [5, 5.41) is 0. The van der Waals surface area contributed by atoms with Crippen molar-refractivity contribution in [2.75, 3.05) is 0 Å². The molecule has 0 aliphatic rings. The van der Waals surface area contributed by atoms with E-state index >= 15 is 0 Å². The van der Waals surface area contributed by atoms with E-state index in [1.165, 1.54) is 5.56 Å². The van der Waals surface area contributed by atoms with Gasteiger partial charge in [-0.3, -0.25) is 4.98 Å². The molecule has 0 spiro atoms. The van der Waals surface area contributed by atoms with Gasteiger partial charge in [0.15, 0.2) is 0 Å². The van der Waals surface area contributed by atoms with Gasteiger partial charge in [-0.05, 0) is 53.8 Å². The number of hydrogen-bond donors (Lipinski definition) is 0. The van der Waals surface area contributed by atoms with Crippen molar-refractivity contribution < 1.29 is 4.39 Å². The van der Waals surface area contributed by atoms with Crippen LogP contribution >= 0.6 is 15.9 Å². The highest BCUT2D eigenvalue weighted by molar-refractivity contribution is 9.09. The molecule has 2 rings (SSSR count). The molecule has 0 saturated heterocycles. The summed E-state index contributed by atoms with van der Waals surface area (Å²) in [5.41, 5.74) is 3.10. The van der Waals surface area contributed by atoms with Gasteiger partial charge in [0.05, 0.1) is 0 Å². The van der Waals surface area contributed by atoms with E-state index in [9.17, 15) is 4.39 Å². The third kappa shape index (κ3) is 2.96. The highest BCUT2D eigenvalue weighted by Gasteiger charge is 2.18. The summed E-state index contributed by atoms with van der Waals surface area (Å²) in [5.74, 6) is 0.0746. The first-order valence-corrected chi connectivity index (χ1v) is 6.80. The van der Waals surface area contributed by atoms with Gasteiger partial charge in [-0.1, -0.05) is 28.9 Å². The fourth-order valence-corrected chi connectivity index (χ4v) is 2.62. The zero-order valence-electron chi connectivity index (χ0n) is 10.4. The van der Waals surface area contributed by atoms with E-state index < -0.39 is 0 Å². The summed E-state index contributed by atoms with van der Waals surface area (Å²) in [6.07, 6.45) is 3.56. The molecule has 94 valence electrons. The Hall–Kier alpha value is -1.22. The summed E-state index contributed by atoms with van der Waals surface area (Å²) in [6, 6.07) is 9.13. The van der Waals surface area contributed by atoms with Crippen LogP contribution in [0.25, 0.3) is 0 Å². The van der Waals surface area contributed by atoms with Gasteiger partial charge in [0.1, 0.15) is 5.82 Å². The second kappa shape index (κ2) is 5.61. The number of halogens is 2. The Morgan fingerprint density at radius 1 is 1.11 bits per heavy atom. The van der Waals surface area contributed by atoms with Crippen LogP contribution < -0.4 is 0 Å². The molecule has 18 heavy (non-hydrogen) atoms. The van der Waals surface area contributed by atoms with Gasteiger partial charge in [-0.25, -0.2) is 4.39 Å². The Kier molecular flexibility index (Phi) is 4.12. The Balaban J connectivity index is 2.28. The van der Waals surface area contributed by atoms with Crippen LogP contribution in [0.4, 0.5) is 4.39 Å². The van der Waals surface area contributed by atoms with Crippen LogP contribution in [0.2, 0.25) is 0 Å². The first-order valence-electron chi connectivity index (χ1n) is 5.89. The molecular weight excluding hydrogens is 293 g/mol. The number of aryl methyl sites for hydroxylation is 1. The summed E-state index contributed by atoms with van der Waals surface area (Å²) >= 11 is 3.67. The zero-order chi connectivity index (χ0) is 13.1. The molecule has 1 heterocycles. The Morgan fingerprint density at radius 3 is 2.39 bits per heavy atom. The van der Waals surface area contributed by atoms with Gasteiger partial charge in [-0.15, -0.1) is 0 Å². The first-order chi connectivity index (χ1) is 8.58. The second-order valence-corrected chi connectivity index (χ2v) is 5.52. The lowest BCUT2D eigenvalue weighted by Gasteiger charge is -2.19. The second-order valence-electron chi connectivity index (χ2n) is 4.53.